The molecule has 2 N–H and O–H groups in total. The molecule has 0 spiro atoms. The molecule has 88 valence electrons. The van der Waals surface area contributed by atoms with Crippen LogP contribution in [-0.4, -0.2) is 45.9 Å². The van der Waals surface area contributed by atoms with Crippen LogP contribution in [0.15, 0.2) is 18.5 Å². The van der Waals surface area contributed by atoms with Gasteiger partial charge in [-0.25, -0.2) is 0 Å². The monoisotopic (exact) mass is 241 g/mol. The van der Waals surface area contributed by atoms with Crippen molar-refractivity contribution in [3.05, 3.63) is 24.0 Å². The number of carbonyl (C=O) groups excluding carboxylic acids is 1. The van der Waals surface area contributed by atoms with E-state index in [0.29, 0.717) is 12.1 Å². The summed E-state index contributed by atoms with van der Waals surface area (Å²) in [6, 6.07) is 1.63. The van der Waals surface area contributed by atoms with Crippen LogP contribution in [0.25, 0.3) is 0 Å². The Balaban J connectivity index is 2.12. The number of rotatable bonds is 7. The standard InChI is InChI=1S/C10H15N3O2S/c14-5-1-6-16-7-4-11-10(15)9-2-3-12-13-8-9/h2-3,8,14H,1,4-7H2,(H,11,15). The molecule has 5 nitrogen and oxygen atoms in total. The first-order valence-electron chi connectivity index (χ1n) is 5.08. The first kappa shape index (κ1) is 12.9. The van der Waals surface area contributed by atoms with Crippen molar-refractivity contribution in [2.24, 2.45) is 0 Å². The third kappa shape index (κ3) is 5.09. The van der Waals surface area contributed by atoms with E-state index in [1.54, 1.807) is 17.8 Å². The molecule has 1 heterocycles. The van der Waals surface area contributed by atoms with E-state index in [2.05, 4.69) is 15.5 Å². The minimum absolute atomic E-state index is 0.127. The lowest BCUT2D eigenvalue weighted by molar-refractivity contribution is 0.0955. The van der Waals surface area contributed by atoms with E-state index in [-0.39, 0.29) is 12.5 Å². The van der Waals surface area contributed by atoms with Crippen LogP contribution in [0.2, 0.25) is 0 Å². The maximum Gasteiger partial charge on any atom is 0.252 e. The van der Waals surface area contributed by atoms with E-state index in [1.165, 1.54) is 12.4 Å². The maximum atomic E-state index is 11.5. The zero-order chi connectivity index (χ0) is 11.6. The molecule has 0 unspecified atom stereocenters. The Labute approximate surface area is 98.7 Å². The number of aliphatic hydroxyl groups excluding tert-OH is 1. The van der Waals surface area contributed by atoms with Gasteiger partial charge in [0.05, 0.1) is 18.0 Å². The van der Waals surface area contributed by atoms with E-state index < -0.39 is 0 Å². The fraction of sp³-hybridized carbons (Fsp3) is 0.500. The van der Waals surface area contributed by atoms with Crippen LogP contribution >= 0.6 is 11.8 Å². The molecular formula is C10H15N3O2S. The van der Waals surface area contributed by atoms with Crippen LogP contribution in [0.4, 0.5) is 0 Å². The summed E-state index contributed by atoms with van der Waals surface area (Å²) in [5.41, 5.74) is 0.523. The fourth-order valence-electron chi connectivity index (χ4n) is 1.03. The molecule has 0 atom stereocenters. The van der Waals surface area contributed by atoms with E-state index >= 15 is 0 Å². The first-order valence-corrected chi connectivity index (χ1v) is 6.23. The summed E-state index contributed by atoms with van der Waals surface area (Å²) in [5, 5.41) is 18.6. The predicted octanol–water partition coefficient (Wildman–Crippen LogP) is 0.322. The molecule has 0 aliphatic heterocycles. The van der Waals surface area contributed by atoms with Gasteiger partial charge in [-0.2, -0.15) is 22.0 Å². The number of hydrogen-bond donors (Lipinski definition) is 2. The molecule has 0 fully saturated rings. The minimum Gasteiger partial charge on any atom is -0.396 e. The molecule has 1 amide bonds. The fourth-order valence-corrected chi connectivity index (χ4v) is 1.82. The summed E-state index contributed by atoms with van der Waals surface area (Å²) in [6.45, 7) is 0.847. The Bertz CT molecular complexity index is 308. The summed E-state index contributed by atoms with van der Waals surface area (Å²) in [7, 11) is 0. The van der Waals surface area contributed by atoms with Gasteiger partial charge in [0.25, 0.3) is 5.91 Å². The summed E-state index contributed by atoms with van der Waals surface area (Å²) >= 11 is 1.71. The summed E-state index contributed by atoms with van der Waals surface area (Å²) < 4.78 is 0. The smallest absolute Gasteiger partial charge is 0.252 e. The van der Waals surface area contributed by atoms with Crippen LogP contribution in [0.3, 0.4) is 0 Å². The lowest BCUT2D eigenvalue weighted by atomic mass is 10.3. The van der Waals surface area contributed by atoms with E-state index in [4.69, 9.17) is 5.11 Å². The van der Waals surface area contributed by atoms with Crippen molar-refractivity contribution < 1.29 is 9.90 Å². The van der Waals surface area contributed by atoms with Crippen molar-refractivity contribution in [2.45, 2.75) is 6.42 Å². The molecule has 1 rings (SSSR count). The molecule has 0 saturated carbocycles. The highest BCUT2D eigenvalue weighted by atomic mass is 32.2. The Morgan fingerprint density at radius 1 is 1.44 bits per heavy atom. The normalized spacial score (nSPS) is 10.1. The molecule has 0 bridgehead atoms. The molecule has 0 aromatic carbocycles. The van der Waals surface area contributed by atoms with Crippen molar-refractivity contribution >= 4 is 17.7 Å². The molecule has 0 radical (unpaired) electrons. The number of nitrogens with one attached hydrogen (secondary N) is 1. The molecule has 1 aromatic heterocycles. The third-order valence-corrected chi connectivity index (χ3v) is 2.90. The minimum atomic E-state index is -0.127. The Hall–Kier alpha value is -1.14. The average Bonchev–Trinajstić information content (AvgIpc) is 2.34. The van der Waals surface area contributed by atoms with Gasteiger partial charge in [-0.15, -0.1) is 0 Å². The van der Waals surface area contributed by atoms with Crippen molar-refractivity contribution in [1.29, 1.82) is 0 Å². The van der Waals surface area contributed by atoms with Crippen LogP contribution in [0.1, 0.15) is 16.8 Å². The van der Waals surface area contributed by atoms with Gasteiger partial charge in [0.2, 0.25) is 0 Å². The molecule has 6 heteroatoms. The average molecular weight is 241 g/mol. The summed E-state index contributed by atoms with van der Waals surface area (Å²) in [5.74, 6) is 1.64. The Morgan fingerprint density at radius 3 is 3.00 bits per heavy atom. The largest absolute Gasteiger partial charge is 0.396 e. The first-order chi connectivity index (χ1) is 7.84. The van der Waals surface area contributed by atoms with Crippen LogP contribution in [0, 0.1) is 0 Å². The summed E-state index contributed by atoms with van der Waals surface area (Å²) in [4.78, 5) is 11.5. The van der Waals surface area contributed by atoms with Crippen LogP contribution < -0.4 is 5.32 Å². The van der Waals surface area contributed by atoms with Gasteiger partial charge in [-0.1, -0.05) is 0 Å². The topological polar surface area (TPSA) is 75.1 Å². The van der Waals surface area contributed by atoms with Gasteiger partial charge in [-0.3, -0.25) is 4.79 Å². The number of hydrogen-bond acceptors (Lipinski definition) is 5. The quantitative estimate of drug-likeness (QED) is 0.673. The van der Waals surface area contributed by atoms with Crippen LogP contribution in [0.5, 0.6) is 0 Å². The SMILES string of the molecule is O=C(NCCSCCCO)c1ccnnc1. The second kappa shape index (κ2) is 8.06. The van der Waals surface area contributed by atoms with Crippen LogP contribution in [-0.2, 0) is 0 Å². The highest BCUT2D eigenvalue weighted by Crippen LogP contribution is 2.00. The second-order valence-corrected chi connectivity index (χ2v) is 4.30. The van der Waals surface area contributed by atoms with E-state index in [9.17, 15) is 4.79 Å². The van der Waals surface area contributed by atoms with Gasteiger partial charge in [0.15, 0.2) is 0 Å². The Kier molecular flexibility index (Phi) is 6.52. The second-order valence-electron chi connectivity index (χ2n) is 3.08. The molecule has 0 aliphatic carbocycles. The Morgan fingerprint density at radius 2 is 2.31 bits per heavy atom. The number of carbonyl (C=O) groups is 1. The molecule has 1 aromatic rings. The van der Waals surface area contributed by atoms with Gasteiger partial charge < -0.3 is 10.4 Å². The van der Waals surface area contributed by atoms with E-state index in [1.807, 2.05) is 0 Å². The van der Waals surface area contributed by atoms with Gasteiger partial charge in [-0.05, 0) is 18.2 Å². The molecule has 0 saturated heterocycles. The number of aromatic nitrogens is 2. The number of aliphatic hydroxyl groups is 1. The number of thioether (sulfide) groups is 1. The number of nitrogens with zero attached hydrogens (tertiary/aromatic N) is 2. The molecular weight excluding hydrogens is 226 g/mol. The highest BCUT2D eigenvalue weighted by Gasteiger charge is 2.03. The van der Waals surface area contributed by atoms with Gasteiger partial charge >= 0.3 is 0 Å². The number of amides is 1. The molecule has 16 heavy (non-hydrogen) atoms. The van der Waals surface area contributed by atoms with Gasteiger partial charge in [0.1, 0.15) is 0 Å². The summed E-state index contributed by atoms with van der Waals surface area (Å²) in [6.07, 6.45) is 3.73. The van der Waals surface area contributed by atoms with Crippen molar-refractivity contribution in [3.8, 4) is 0 Å². The van der Waals surface area contributed by atoms with E-state index in [0.717, 1.165) is 17.9 Å². The zero-order valence-electron chi connectivity index (χ0n) is 8.93. The van der Waals surface area contributed by atoms with Gasteiger partial charge in [0, 0.05) is 18.9 Å². The lowest BCUT2D eigenvalue weighted by Gasteiger charge is -2.04. The van der Waals surface area contributed by atoms with Crippen molar-refractivity contribution in [3.63, 3.8) is 0 Å². The highest BCUT2D eigenvalue weighted by molar-refractivity contribution is 7.99. The van der Waals surface area contributed by atoms with Crippen molar-refractivity contribution in [1.82, 2.24) is 15.5 Å². The lowest BCUT2D eigenvalue weighted by Crippen LogP contribution is -2.25. The van der Waals surface area contributed by atoms with Crippen molar-refractivity contribution in [2.75, 3.05) is 24.7 Å². The zero-order valence-corrected chi connectivity index (χ0v) is 9.74. The predicted molar refractivity (Wildman–Crippen MR) is 63.4 cm³/mol. The third-order valence-electron chi connectivity index (χ3n) is 1.83. The molecule has 0 aliphatic rings. The maximum absolute atomic E-state index is 11.5.